The Morgan fingerprint density at radius 3 is 2.64 bits per heavy atom. The number of rotatable bonds is 5. The highest BCUT2D eigenvalue weighted by Crippen LogP contribution is 2.28. The summed E-state index contributed by atoms with van der Waals surface area (Å²) in [5.74, 6) is -0.877. The van der Waals surface area contributed by atoms with Crippen LogP contribution >= 0.6 is 24.0 Å². The maximum absolute atomic E-state index is 12.5. The van der Waals surface area contributed by atoms with Crippen LogP contribution in [-0.2, 0) is 14.4 Å². The molecule has 1 heterocycles. The monoisotopic (exact) mass is 388 g/mol. The molecule has 0 aliphatic carbocycles. The molecule has 1 atom stereocenters. The molecule has 3 N–H and O–H groups in total. The molecule has 9 heteroatoms. The molecule has 138 valence electrons. The predicted octanol–water partition coefficient (Wildman–Crippen LogP) is 0.487. The number of carbonyl (C=O) groups is 3. The fourth-order valence-electron chi connectivity index (χ4n) is 2.57. The zero-order chi connectivity index (χ0) is 17.5. The van der Waals surface area contributed by atoms with Gasteiger partial charge in [0.15, 0.2) is 0 Å². The van der Waals surface area contributed by atoms with Crippen molar-refractivity contribution in [2.75, 3.05) is 32.7 Å². The quantitative estimate of drug-likeness (QED) is 0.684. The van der Waals surface area contributed by atoms with Gasteiger partial charge in [0.2, 0.25) is 17.7 Å². The highest BCUT2D eigenvalue weighted by molar-refractivity contribution is 6.31. The Bertz CT molecular complexity index is 627. The second-order valence-electron chi connectivity index (χ2n) is 5.52. The predicted molar refractivity (Wildman–Crippen MR) is 97.7 cm³/mol. The van der Waals surface area contributed by atoms with Crippen molar-refractivity contribution in [3.8, 4) is 0 Å². The van der Waals surface area contributed by atoms with Crippen molar-refractivity contribution in [1.82, 2.24) is 20.9 Å². The number of hydrogen-bond acceptors (Lipinski definition) is 4. The van der Waals surface area contributed by atoms with Gasteiger partial charge in [-0.25, -0.2) is 0 Å². The minimum atomic E-state index is -0.400. The van der Waals surface area contributed by atoms with Gasteiger partial charge in [0.1, 0.15) is 0 Å². The Hall–Kier alpha value is -1.83. The maximum Gasteiger partial charge on any atom is 0.242 e. The number of halogens is 2. The van der Waals surface area contributed by atoms with E-state index in [9.17, 15) is 14.4 Å². The molecule has 1 aliphatic heterocycles. The Morgan fingerprint density at radius 2 is 1.96 bits per heavy atom. The number of piperazine rings is 1. The van der Waals surface area contributed by atoms with Gasteiger partial charge >= 0.3 is 0 Å². The molecule has 0 radical (unpaired) electrons. The normalized spacial score (nSPS) is 16.6. The van der Waals surface area contributed by atoms with Crippen molar-refractivity contribution in [2.24, 2.45) is 0 Å². The summed E-state index contributed by atoms with van der Waals surface area (Å²) in [6.07, 6.45) is 0. The molecule has 1 aromatic carbocycles. The lowest BCUT2D eigenvalue weighted by molar-refractivity contribution is -0.135. The van der Waals surface area contributed by atoms with Gasteiger partial charge in [0, 0.05) is 31.6 Å². The van der Waals surface area contributed by atoms with E-state index in [0.29, 0.717) is 24.7 Å². The minimum absolute atomic E-state index is 0. The van der Waals surface area contributed by atoms with E-state index < -0.39 is 5.91 Å². The van der Waals surface area contributed by atoms with Crippen LogP contribution < -0.4 is 16.0 Å². The first-order valence-corrected chi connectivity index (χ1v) is 8.12. The largest absolute Gasteiger partial charge is 0.347 e. The first-order valence-electron chi connectivity index (χ1n) is 7.74. The highest BCUT2D eigenvalue weighted by atomic mass is 35.5. The van der Waals surface area contributed by atoms with E-state index in [1.54, 1.807) is 11.0 Å². The van der Waals surface area contributed by atoms with Crippen LogP contribution in [0.15, 0.2) is 24.3 Å². The summed E-state index contributed by atoms with van der Waals surface area (Å²) >= 11 is 6.25. The second kappa shape index (κ2) is 10.2. The standard InChI is InChI=1S/C16H21ClN4O3.ClH/c1-11(22)19-9-15(23)20-10-16(24)21-7-6-18-8-14(21)12-4-2-3-5-13(12)17;/h2-5,14,18H,6-10H2,1H3,(H,19,22)(H,20,23);1H. The van der Waals surface area contributed by atoms with Gasteiger partial charge < -0.3 is 20.9 Å². The summed E-state index contributed by atoms with van der Waals surface area (Å²) in [5, 5.41) is 8.78. The lowest BCUT2D eigenvalue weighted by Crippen LogP contribution is -2.52. The third-order valence-corrected chi connectivity index (χ3v) is 4.11. The van der Waals surface area contributed by atoms with E-state index in [2.05, 4.69) is 16.0 Å². The highest BCUT2D eigenvalue weighted by Gasteiger charge is 2.29. The van der Waals surface area contributed by atoms with Crippen LogP contribution in [0.1, 0.15) is 18.5 Å². The molecule has 1 aromatic rings. The smallest absolute Gasteiger partial charge is 0.242 e. The average molecular weight is 389 g/mol. The Balaban J connectivity index is 0.00000312. The van der Waals surface area contributed by atoms with Gasteiger partial charge in [-0.05, 0) is 11.6 Å². The molecule has 0 aromatic heterocycles. The molecule has 1 fully saturated rings. The third kappa shape index (κ3) is 6.19. The van der Waals surface area contributed by atoms with Crippen LogP contribution in [0.25, 0.3) is 0 Å². The summed E-state index contributed by atoms with van der Waals surface area (Å²) in [6.45, 7) is 2.91. The summed E-state index contributed by atoms with van der Waals surface area (Å²) in [5.41, 5.74) is 0.879. The summed E-state index contributed by atoms with van der Waals surface area (Å²) in [6, 6.07) is 7.25. The van der Waals surface area contributed by atoms with Gasteiger partial charge in [0.25, 0.3) is 0 Å². The third-order valence-electron chi connectivity index (χ3n) is 3.76. The van der Waals surface area contributed by atoms with Gasteiger partial charge in [0.05, 0.1) is 19.1 Å². The van der Waals surface area contributed by atoms with Gasteiger partial charge in [-0.3, -0.25) is 14.4 Å². The topological polar surface area (TPSA) is 90.5 Å². The van der Waals surface area contributed by atoms with E-state index in [1.807, 2.05) is 18.2 Å². The van der Waals surface area contributed by atoms with E-state index in [1.165, 1.54) is 6.92 Å². The lowest BCUT2D eigenvalue weighted by atomic mass is 10.0. The fourth-order valence-corrected chi connectivity index (χ4v) is 2.83. The molecule has 25 heavy (non-hydrogen) atoms. The zero-order valence-electron chi connectivity index (χ0n) is 13.9. The Kier molecular flexibility index (Phi) is 8.68. The molecule has 0 spiro atoms. The number of nitrogens with one attached hydrogen (secondary N) is 3. The molecule has 1 aliphatic rings. The fraction of sp³-hybridized carbons (Fsp3) is 0.438. The zero-order valence-corrected chi connectivity index (χ0v) is 15.5. The molecule has 2 rings (SSSR count). The number of amides is 3. The Labute approximate surface area is 157 Å². The molecule has 0 saturated carbocycles. The molecular formula is C16H22Cl2N4O3. The van der Waals surface area contributed by atoms with Crippen molar-refractivity contribution < 1.29 is 14.4 Å². The first kappa shape index (κ1) is 21.2. The molecular weight excluding hydrogens is 367 g/mol. The van der Waals surface area contributed by atoms with Crippen LogP contribution in [0.2, 0.25) is 5.02 Å². The van der Waals surface area contributed by atoms with E-state index in [0.717, 1.165) is 5.56 Å². The van der Waals surface area contributed by atoms with Crippen molar-refractivity contribution in [3.63, 3.8) is 0 Å². The van der Waals surface area contributed by atoms with Crippen molar-refractivity contribution in [2.45, 2.75) is 13.0 Å². The van der Waals surface area contributed by atoms with Gasteiger partial charge in [-0.15, -0.1) is 12.4 Å². The van der Waals surface area contributed by atoms with Crippen molar-refractivity contribution in [3.05, 3.63) is 34.9 Å². The molecule has 3 amide bonds. The van der Waals surface area contributed by atoms with Crippen LogP contribution in [0.4, 0.5) is 0 Å². The van der Waals surface area contributed by atoms with E-state index in [4.69, 9.17) is 11.6 Å². The van der Waals surface area contributed by atoms with Crippen molar-refractivity contribution in [1.29, 1.82) is 0 Å². The Morgan fingerprint density at radius 1 is 1.24 bits per heavy atom. The van der Waals surface area contributed by atoms with Crippen molar-refractivity contribution >= 4 is 41.7 Å². The number of benzene rings is 1. The maximum atomic E-state index is 12.5. The molecule has 0 bridgehead atoms. The summed E-state index contributed by atoms with van der Waals surface area (Å²) in [7, 11) is 0. The average Bonchev–Trinajstić information content (AvgIpc) is 2.58. The number of hydrogen-bond donors (Lipinski definition) is 3. The second-order valence-corrected chi connectivity index (χ2v) is 5.92. The van der Waals surface area contributed by atoms with Crippen LogP contribution in [0, 0.1) is 0 Å². The van der Waals surface area contributed by atoms with E-state index in [-0.39, 0.29) is 43.4 Å². The van der Waals surface area contributed by atoms with Crippen LogP contribution in [-0.4, -0.2) is 55.3 Å². The lowest BCUT2D eigenvalue weighted by Gasteiger charge is -2.37. The number of nitrogens with zero attached hydrogens (tertiary/aromatic N) is 1. The first-order chi connectivity index (χ1) is 11.5. The molecule has 1 saturated heterocycles. The SMILES string of the molecule is CC(=O)NCC(=O)NCC(=O)N1CCNCC1c1ccccc1Cl.Cl. The molecule has 1 unspecified atom stereocenters. The van der Waals surface area contributed by atoms with E-state index >= 15 is 0 Å². The van der Waals surface area contributed by atoms with Crippen LogP contribution in [0.3, 0.4) is 0 Å². The molecule has 7 nitrogen and oxygen atoms in total. The number of carbonyl (C=O) groups excluding carboxylic acids is 3. The summed E-state index contributed by atoms with van der Waals surface area (Å²) < 4.78 is 0. The van der Waals surface area contributed by atoms with Crippen LogP contribution in [0.5, 0.6) is 0 Å². The minimum Gasteiger partial charge on any atom is -0.347 e. The van der Waals surface area contributed by atoms with Gasteiger partial charge in [-0.1, -0.05) is 29.8 Å². The summed E-state index contributed by atoms with van der Waals surface area (Å²) in [4.78, 5) is 36.6. The van der Waals surface area contributed by atoms with Gasteiger partial charge in [-0.2, -0.15) is 0 Å².